The smallest absolute Gasteiger partial charge is 0.124 e. The summed E-state index contributed by atoms with van der Waals surface area (Å²) in [5.41, 5.74) is 0. The quantitative estimate of drug-likeness (QED) is 0.624. The molecule has 1 aliphatic heterocycles. The molecule has 0 aliphatic carbocycles. The van der Waals surface area contributed by atoms with Crippen molar-refractivity contribution in [3.8, 4) is 0 Å². The number of carbonyl (C=O) groups is 1. The van der Waals surface area contributed by atoms with Crippen LogP contribution in [0.25, 0.3) is 0 Å². The Morgan fingerprint density at radius 1 is 1.46 bits per heavy atom. The van der Waals surface area contributed by atoms with E-state index in [4.69, 9.17) is 0 Å². The van der Waals surface area contributed by atoms with Crippen LogP contribution in [0, 0.1) is 5.92 Å². The van der Waals surface area contributed by atoms with Gasteiger partial charge in [-0.05, 0) is 26.3 Å². The molecule has 1 heterocycles. The number of hydrogen-bond donors (Lipinski definition) is 0. The van der Waals surface area contributed by atoms with Gasteiger partial charge in [-0.1, -0.05) is 19.8 Å². The Bertz CT molecular complexity index is 158. The van der Waals surface area contributed by atoms with Gasteiger partial charge in [0.1, 0.15) is 6.29 Å². The van der Waals surface area contributed by atoms with E-state index in [0.29, 0.717) is 6.04 Å². The summed E-state index contributed by atoms with van der Waals surface area (Å²) in [6.45, 7) is 6.41. The van der Waals surface area contributed by atoms with Gasteiger partial charge >= 0.3 is 0 Å². The number of nitrogens with zero attached hydrogens (tertiary/aromatic N) is 1. The third kappa shape index (κ3) is 3.47. The molecule has 0 bridgehead atoms. The Kier molecular flexibility index (Phi) is 4.43. The van der Waals surface area contributed by atoms with Crippen LogP contribution in [0.1, 0.15) is 39.5 Å². The molecule has 2 heteroatoms. The topological polar surface area (TPSA) is 20.3 Å². The summed E-state index contributed by atoms with van der Waals surface area (Å²) in [5.74, 6) is 0.195. The first kappa shape index (κ1) is 10.7. The van der Waals surface area contributed by atoms with Gasteiger partial charge in [0, 0.05) is 18.5 Å². The van der Waals surface area contributed by atoms with Crippen LogP contribution < -0.4 is 0 Å². The molecule has 1 rings (SSSR count). The number of hydrogen-bond acceptors (Lipinski definition) is 2. The van der Waals surface area contributed by atoms with Gasteiger partial charge in [0.2, 0.25) is 0 Å². The molecule has 2 unspecified atom stereocenters. The van der Waals surface area contributed by atoms with Gasteiger partial charge in [-0.3, -0.25) is 4.90 Å². The zero-order chi connectivity index (χ0) is 9.68. The molecule has 0 N–H and O–H groups in total. The minimum Gasteiger partial charge on any atom is -0.303 e. The van der Waals surface area contributed by atoms with Crippen LogP contribution in [0.15, 0.2) is 0 Å². The fourth-order valence-electron chi connectivity index (χ4n) is 2.02. The van der Waals surface area contributed by atoms with Crippen LogP contribution in [0.4, 0.5) is 0 Å². The van der Waals surface area contributed by atoms with Crippen LogP contribution in [-0.2, 0) is 4.79 Å². The highest BCUT2D eigenvalue weighted by Crippen LogP contribution is 2.16. The van der Waals surface area contributed by atoms with Crippen molar-refractivity contribution in [1.82, 2.24) is 4.90 Å². The van der Waals surface area contributed by atoms with Crippen LogP contribution in [-0.4, -0.2) is 30.3 Å². The molecular weight excluding hydrogens is 162 g/mol. The van der Waals surface area contributed by atoms with Crippen molar-refractivity contribution in [3.05, 3.63) is 0 Å². The summed E-state index contributed by atoms with van der Waals surface area (Å²) in [4.78, 5) is 13.0. The van der Waals surface area contributed by atoms with Crippen LogP contribution in [0.5, 0.6) is 0 Å². The minimum atomic E-state index is 0.195. The van der Waals surface area contributed by atoms with Crippen LogP contribution >= 0.6 is 0 Å². The number of carbonyl (C=O) groups excluding carboxylic acids is 1. The predicted molar refractivity (Wildman–Crippen MR) is 54.7 cm³/mol. The van der Waals surface area contributed by atoms with Gasteiger partial charge in [0.25, 0.3) is 0 Å². The predicted octanol–water partition coefficient (Wildman–Crippen LogP) is 2.09. The van der Waals surface area contributed by atoms with E-state index < -0.39 is 0 Å². The van der Waals surface area contributed by atoms with Crippen molar-refractivity contribution in [2.24, 2.45) is 5.92 Å². The standard InChI is InChI=1S/C11H21NO/c1-10(9-13)8-12-7-5-3-4-6-11(12)2/h9-11H,3-8H2,1-2H3. The van der Waals surface area contributed by atoms with E-state index in [1.807, 2.05) is 6.92 Å². The minimum absolute atomic E-state index is 0.195. The van der Waals surface area contributed by atoms with Gasteiger partial charge in [-0.15, -0.1) is 0 Å². The maximum atomic E-state index is 10.5. The lowest BCUT2D eigenvalue weighted by molar-refractivity contribution is -0.111. The Morgan fingerprint density at radius 3 is 2.92 bits per heavy atom. The molecule has 0 aromatic carbocycles. The number of aldehydes is 1. The van der Waals surface area contributed by atoms with Gasteiger partial charge in [0.15, 0.2) is 0 Å². The third-order valence-electron chi connectivity index (χ3n) is 2.95. The zero-order valence-corrected chi connectivity index (χ0v) is 8.83. The SMILES string of the molecule is CC(C=O)CN1CCCCCC1C. The van der Waals surface area contributed by atoms with Gasteiger partial charge in [0.05, 0.1) is 0 Å². The molecule has 1 saturated heterocycles. The van der Waals surface area contributed by atoms with Crippen molar-refractivity contribution in [1.29, 1.82) is 0 Å². The Balaban J connectivity index is 2.40. The molecule has 76 valence electrons. The molecular formula is C11H21NO. The fraction of sp³-hybridized carbons (Fsp3) is 0.909. The highest BCUT2D eigenvalue weighted by Gasteiger charge is 2.18. The zero-order valence-electron chi connectivity index (χ0n) is 8.83. The lowest BCUT2D eigenvalue weighted by Crippen LogP contribution is -2.36. The summed E-state index contributed by atoms with van der Waals surface area (Å²) < 4.78 is 0. The second kappa shape index (κ2) is 5.38. The van der Waals surface area contributed by atoms with Crippen molar-refractivity contribution in [2.75, 3.05) is 13.1 Å². The summed E-state index contributed by atoms with van der Waals surface area (Å²) in [7, 11) is 0. The molecule has 2 atom stereocenters. The lowest BCUT2D eigenvalue weighted by atomic mass is 10.1. The summed E-state index contributed by atoms with van der Waals surface area (Å²) in [6, 6.07) is 0.671. The average molecular weight is 183 g/mol. The van der Waals surface area contributed by atoms with E-state index in [1.165, 1.54) is 32.2 Å². The lowest BCUT2D eigenvalue weighted by Gasteiger charge is -2.27. The number of rotatable bonds is 3. The second-order valence-corrected chi connectivity index (χ2v) is 4.31. The second-order valence-electron chi connectivity index (χ2n) is 4.31. The highest BCUT2D eigenvalue weighted by atomic mass is 16.1. The maximum absolute atomic E-state index is 10.5. The van der Waals surface area contributed by atoms with Crippen LogP contribution in [0.2, 0.25) is 0 Å². The molecule has 0 aromatic heterocycles. The first-order valence-corrected chi connectivity index (χ1v) is 5.43. The monoisotopic (exact) mass is 183 g/mol. The van der Waals surface area contributed by atoms with E-state index in [9.17, 15) is 4.79 Å². The third-order valence-corrected chi connectivity index (χ3v) is 2.95. The van der Waals surface area contributed by atoms with Crippen LogP contribution in [0.3, 0.4) is 0 Å². The molecule has 1 aliphatic rings. The molecule has 0 saturated carbocycles. The molecule has 1 fully saturated rings. The molecule has 2 nitrogen and oxygen atoms in total. The normalized spacial score (nSPS) is 28.0. The van der Waals surface area contributed by atoms with E-state index in [1.54, 1.807) is 0 Å². The molecule has 0 amide bonds. The highest BCUT2D eigenvalue weighted by molar-refractivity contribution is 5.53. The van der Waals surface area contributed by atoms with E-state index in [0.717, 1.165) is 12.8 Å². The van der Waals surface area contributed by atoms with Gasteiger partial charge in [-0.2, -0.15) is 0 Å². The molecule has 13 heavy (non-hydrogen) atoms. The fourth-order valence-corrected chi connectivity index (χ4v) is 2.02. The summed E-state index contributed by atoms with van der Waals surface area (Å²) in [5, 5.41) is 0. The van der Waals surface area contributed by atoms with Crippen molar-refractivity contribution < 1.29 is 4.79 Å². The number of likely N-dealkylation sites (tertiary alicyclic amines) is 1. The average Bonchev–Trinajstić information content (AvgIpc) is 2.32. The van der Waals surface area contributed by atoms with E-state index in [-0.39, 0.29) is 5.92 Å². The first-order valence-electron chi connectivity index (χ1n) is 5.43. The Labute approximate surface area is 81.3 Å². The molecule has 0 spiro atoms. The Hall–Kier alpha value is -0.370. The van der Waals surface area contributed by atoms with Crippen molar-refractivity contribution >= 4 is 6.29 Å². The molecule has 0 aromatic rings. The summed E-state index contributed by atoms with van der Waals surface area (Å²) >= 11 is 0. The largest absolute Gasteiger partial charge is 0.303 e. The Morgan fingerprint density at radius 2 is 2.23 bits per heavy atom. The maximum Gasteiger partial charge on any atom is 0.124 e. The van der Waals surface area contributed by atoms with Gasteiger partial charge in [-0.25, -0.2) is 0 Å². The summed E-state index contributed by atoms with van der Waals surface area (Å²) in [6.07, 6.45) is 6.38. The van der Waals surface area contributed by atoms with Gasteiger partial charge < -0.3 is 4.79 Å². The van der Waals surface area contributed by atoms with E-state index in [2.05, 4.69) is 11.8 Å². The van der Waals surface area contributed by atoms with Crippen molar-refractivity contribution in [3.63, 3.8) is 0 Å². The molecule has 0 radical (unpaired) electrons. The first-order chi connectivity index (χ1) is 6.24. The van der Waals surface area contributed by atoms with E-state index >= 15 is 0 Å². The van der Waals surface area contributed by atoms with Crippen molar-refractivity contribution in [2.45, 2.75) is 45.6 Å².